The molecule has 0 aliphatic heterocycles. The van der Waals surface area contributed by atoms with Gasteiger partial charge in [-0.05, 0) is 38.2 Å². The Kier molecular flexibility index (Phi) is 4.36. The number of aromatic nitrogens is 2. The van der Waals surface area contributed by atoms with Gasteiger partial charge in [-0.15, -0.1) is 11.3 Å². The van der Waals surface area contributed by atoms with E-state index in [1.807, 2.05) is 6.07 Å². The molecule has 7 nitrogen and oxygen atoms in total. The Balaban J connectivity index is 1.80. The van der Waals surface area contributed by atoms with Crippen LogP contribution in [-0.4, -0.2) is 21.6 Å². The number of anilines is 1. The molecule has 8 heteroatoms. The first-order chi connectivity index (χ1) is 11.5. The van der Waals surface area contributed by atoms with Gasteiger partial charge in [-0.3, -0.25) is 14.3 Å². The summed E-state index contributed by atoms with van der Waals surface area (Å²) in [5, 5.41) is 16.4. The Morgan fingerprint density at radius 2 is 2.21 bits per heavy atom. The fourth-order valence-electron chi connectivity index (χ4n) is 2.94. The Hall–Kier alpha value is -2.66. The first-order valence-corrected chi connectivity index (χ1v) is 8.49. The van der Waals surface area contributed by atoms with Gasteiger partial charge in [-0.1, -0.05) is 0 Å². The van der Waals surface area contributed by atoms with Crippen molar-refractivity contribution in [1.82, 2.24) is 9.78 Å². The summed E-state index contributed by atoms with van der Waals surface area (Å²) in [4.78, 5) is 25.2. The summed E-state index contributed by atoms with van der Waals surface area (Å²) in [5.41, 5.74) is 7.96. The van der Waals surface area contributed by atoms with Crippen molar-refractivity contribution in [3.63, 3.8) is 0 Å². The van der Waals surface area contributed by atoms with Gasteiger partial charge in [0.25, 0.3) is 5.91 Å². The minimum Gasteiger partial charge on any atom is -0.365 e. The van der Waals surface area contributed by atoms with E-state index < -0.39 is 5.91 Å². The van der Waals surface area contributed by atoms with Crippen molar-refractivity contribution in [1.29, 1.82) is 5.26 Å². The molecule has 0 atom stereocenters. The lowest BCUT2D eigenvalue weighted by molar-refractivity contribution is -0.116. The molecule has 2 heterocycles. The predicted octanol–water partition coefficient (Wildman–Crippen LogP) is 1.74. The van der Waals surface area contributed by atoms with E-state index in [1.54, 1.807) is 6.92 Å². The maximum Gasteiger partial charge on any atom is 0.251 e. The summed E-state index contributed by atoms with van der Waals surface area (Å²) >= 11 is 1.43. The first-order valence-electron chi connectivity index (χ1n) is 7.68. The molecule has 2 aromatic heterocycles. The number of primary amides is 1. The van der Waals surface area contributed by atoms with Crippen LogP contribution in [0.25, 0.3) is 0 Å². The lowest BCUT2D eigenvalue weighted by atomic mass is 9.95. The van der Waals surface area contributed by atoms with Crippen LogP contribution in [0.1, 0.15) is 44.9 Å². The van der Waals surface area contributed by atoms with Crippen molar-refractivity contribution in [2.24, 2.45) is 5.73 Å². The highest BCUT2D eigenvalue weighted by atomic mass is 32.1. The number of nitriles is 1. The van der Waals surface area contributed by atoms with Crippen LogP contribution in [0, 0.1) is 18.3 Å². The number of aryl methyl sites for hydroxylation is 2. The molecule has 1 aliphatic carbocycles. The van der Waals surface area contributed by atoms with E-state index in [4.69, 9.17) is 11.0 Å². The van der Waals surface area contributed by atoms with E-state index in [-0.39, 0.29) is 12.5 Å². The van der Waals surface area contributed by atoms with Crippen molar-refractivity contribution in [2.45, 2.75) is 39.2 Å². The second-order valence-corrected chi connectivity index (χ2v) is 6.87. The minimum absolute atomic E-state index is 0.0245. The van der Waals surface area contributed by atoms with Crippen LogP contribution < -0.4 is 11.1 Å². The highest BCUT2D eigenvalue weighted by molar-refractivity contribution is 7.17. The average molecular weight is 343 g/mol. The summed E-state index contributed by atoms with van der Waals surface area (Å²) < 4.78 is 1.42. The smallest absolute Gasteiger partial charge is 0.251 e. The average Bonchev–Trinajstić information content (AvgIpc) is 3.06. The fraction of sp³-hybridized carbons (Fsp3) is 0.375. The molecule has 124 valence electrons. The van der Waals surface area contributed by atoms with E-state index in [9.17, 15) is 9.59 Å². The molecular formula is C16H17N5O2S. The zero-order valence-electron chi connectivity index (χ0n) is 13.3. The molecule has 0 saturated carbocycles. The standard InChI is InChI=1S/C16H17N5O2S/c1-9-10(6-17)7-21(20-9)8-13(22)19-16-14(15(18)23)11-4-2-3-5-12(11)24-16/h7H,2-5,8H2,1H3,(H2,18,23)(H,19,22). The van der Waals surface area contributed by atoms with Crippen molar-refractivity contribution < 1.29 is 9.59 Å². The summed E-state index contributed by atoms with van der Waals surface area (Å²) in [6, 6.07) is 2.02. The Morgan fingerprint density at radius 3 is 2.88 bits per heavy atom. The van der Waals surface area contributed by atoms with Crippen LogP contribution in [0.15, 0.2) is 6.20 Å². The third-order valence-electron chi connectivity index (χ3n) is 4.04. The second kappa shape index (κ2) is 6.45. The van der Waals surface area contributed by atoms with Gasteiger partial charge in [0.15, 0.2) is 0 Å². The van der Waals surface area contributed by atoms with Gasteiger partial charge in [-0.25, -0.2) is 0 Å². The van der Waals surface area contributed by atoms with E-state index in [1.165, 1.54) is 22.2 Å². The molecule has 0 aromatic carbocycles. The number of carbonyl (C=O) groups excluding carboxylic acids is 2. The molecule has 1 aliphatic rings. The molecule has 2 amide bonds. The molecule has 0 fully saturated rings. The number of nitrogens with two attached hydrogens (primary N) is 1. The number of carbonyl (C=O) groups is 2. The van der Waals surface area contributed by atoms with Gasteiger partial charge in [0.05, 0.1) is 16.8 Å². The van der Waals surface area contributed by atoms with Gasteiger partial charge >= 0.3 is 0 Å². The lowest BCUT2D eigenvalue weighted by Crippen LogP contribution is -2.21. The zero-order chi connectivity index (χ0) is 17.3. The summed E-state index contributed by atoms with van der Waals surface area (Å²) in [6.45, 7) is 1.69. The van der Waals surface area contributed by atoms with Gasteiger partial charge in [-0.2, -0.15) is 10.4 Å². The zero-order valence-corrected chi connectivity index (χ0v) is 14.1. The van der Waals surface area contributed by atoms with E-state index in [0.29, 0.717) is 21.8 Å². The molecule has 0 saturated heterocycles. The highest BCUT2D eigenvalue weighted by Gasteiger charge is 2.25. The quantitative estimate of drug-likeness (QED) is 0.880. The third kappa shape index (κ3) is 3.03. The Morgan fingerprint density at radius 1 is 1.46 bits per heavy atom. The van der Waals surface area contributed by atoms with Crippen molar-refractivity contribution >= 4 is 28.2 Å². The number of thiophene rings is 1. The topological polar surface area (TPSA) is 114 Å². The molecule has 24 heavy (non-hydrogen) atoms. The van der Waals surface area contributed by atoms with Crippen molar-refractivity contribution in [3.8, 4) is 6.07 Å². The van der Waals surface area contributed by atoms with Crippen LogP contribution in [0.5, 0.6) is 0 Å². The molecule has 0 radical (unpaired) electrons. The van der Waals surface area contributed by atoms with Gasteiger partial charge in [0.2, 0.25) is 5.91 Å². The SMILES string of the molecule is Cc1nn(CC(=O)Nc2sc3c(c2C(N)=O)CCCC3)cc1C#N. The molecule has 2 aromatic rings. The molecule has 0 spiro atoms. The summed E-state index contributed by atoms with van der Waals surface area (Å²) in [6.07, 6.45) is 5.39. The van der Waals surface area contributed by atoms with E-state index in [2.05, 4.69) is 10.4 Å². The monoisotopic (exact) mass is 343 g/mol. The molecule has 3 rings (SSSR count). The van der Waals surface area contributed by atoms with Crippen LogP contribution in [0.2, 0.25) is 0 Å². The van der Waals surface area contributed by atoms with Gasteiger partial charge < -0.3 is 11.1 Å². The highest BCUT2D eigenvalue weighted by Crippen LogP contribution is 2.37. The second-order valence-electron chi connectivity index (χ2n) is 5.77. The fourth-order valence-corrected chi connectivity index (χ4v) is 4.25. The lowest BCUT2D eigenvalue weighted by Gasteiger charge is -2.11. The molecular weight excluding hydrogens is 326 g/mol. The summed E-state index contributed by atoms with van der Waals surface area (Å²) in [7, 11) is 0. The first kappa shape index (κ1) is 16.2. The number of rotatable bonds is 4. The van der Waals surface area contributed by atoms with Crippen LogP contribution in [-0.2, 0) is 24.2 Å². The number of amides is 2. The number of fused-ring (bicyclic) bond motifs is 1. The number of hydrogen-bond acceptors (Lipinski definition) is 5. The van der Waals surface area contributed by atoms with Crippen molar-refractivity contribution in [2.75, 3.05) is 5.32 Å². The Bertz CT molecular complexity index is 859. The van der Waals surface area contributed by atoms with Gasteiger partial charge in [0, 0.05) is 11.1 Å². The minimum atomic E-state index is -0.508. The number of hydrogen-bond donors (Lipinski definition) is 2. The number of nitrogens with zero attached hydrogens (tertiary/aromatic N) is 3. The molecule has 0 bridgehead atoms. The summed E-state index contributed by atoms with van der Waals surface area (Å²) in [5.74, 6) is -0.811. The maximum atomic E-state index is 12.3. The van der Waals surface area contributed by atoms with Crippen LogP contribution >= 0.6 is 11.3 Å². The van der Waals surface area contributed by atoms with Gasteiger partial charge in [0.1, 0.15) is 17.6 Å². The molecule has 0 unspecified atom stereocenters. The van der Waals surface area contributed by atoms with Crippen molar-refractivity contribution in [3.05, 3.63) is 33.5 Å². The number of nitrogens with one attached hydrogen (secondary N) is 1. The third-order valence-corrected chi connectivity index (χ3v) is 5.25. The van der Waals surface area contributed by atoms with E-state index >= 15 is 0 Å². The van der Waals surface area contributed by atoms with Crippen LogP contribution in [0.3, 0.4) is 0 Å². The Labute approximate surface area is 143 Å². The maximum absolute atomic E-state index is 12.3. The predicted molar refractivity (Wildman–Crippen MR) is 89.8 cm³/mol. The van der Waals surface area contributed by atoms with E-state index in [0.717, 1.165) is 36.1 Å². The van der Waals surface area contributed by atoms with Crippen LogP contribution in [0.4, 0.5) is 5.00 Å². The molecule has 3 N–H and O–H groups in total. The normalized spacial score (nSPS) is 13.2. The largest absolute Gasteiger partial charge is 0.365 e.